The van der Waals surface area contributed by atoms with E-state index in [0.717, 1.165) is 12.0 Å². The van der Waals surface area contributed by atoms with E-state index in [1.165, 1.54) is 11.1 Å². The van der Waals surface area contributed by atoms with Crippen molar-refractivity contribution in [2.75, 3.05) is 0 Å². The van der Waals surface area contributed by atoms with Crippen molar-refractivity contribution >= 4 is 5.78 Å². The number of rotatable bonds is 5. The largest absolute Gasteiger partial charge is 0.294 e. The molecule has 0 radical (unpaired) electrons. The van der Waals surface area contributed by atoms with Gasteiger partial charge in [0.25, 0.3) is 0 Å². The molecule has 0 saturated carbocycles. The van der Waals surface area contributed by atoms with E-state index < -0.39 is 0 Å². The molecule has 0 amide bonds. The summed E-state index contributed by atoms with van der Waals surface area (Å²) in [6.07, 6.45) is 1.57. The standard InChI is InChI=1S/C16H24O/c1-6-7-16(17)14-9-8-13(11(2)3)10-15(14)12(4)5/h8-12H,6-7H2,1-5H3. The number of Topliss-reactive ketones (excluding diaryl/α,β-unsaturated/α-hetero) is 1. The second-order valence-corrected chi connectivity index (χ2v) is 5.33. The van der Waals surface area contributed by atoms with Crippen molar-refractivity contribution in [3.05, 3.63) is 34.9 Å². The molecule has 17 heavy (non-hydrogen) atoms. The third kappa shape index (κ3) is 3.42. The van der Waals surface area contributed by atoms with Crippen molar-refractivity contribution in [1.82, 2.24) is 0 Å². The topological polar surface area (TPSA) is 17.1 Å². The summed E-state index contributed by atoms with van der Waals surface area (Å²) in [4.78, 5) is 12.1. The summed E-state index contributed by atoms with van der Waals surface area (Å²) < 4.78 is 0. The SMILES string of the molecule is CCCC(=O)c1ccc(C(C)C)cc1C(C)C. The number of carbonyl (C=O) groups excluding carboxylic acids is 1. The second-order valence-electron chi connectivity index (χ2n) is 5.33. The van der Waals surface area contributed by atoms with Crippen molar-refractivity contribution in [1.29, 1.82) is 0 Å². The molecule has 0 aliphatic carbocycles. The molecule has 0 bridgehead atoms. The van der Waals surface area contributed by atoms with Gasteiger partial charge in [-0.1, -0.05) is 52.8 Å². The molecule has 1 heteroatoms. The normalized spacial score (nSPS) is 11.2. The fraction of sp³-hybridized carbons (Fsp3) is 0.562. The molecule has 94 valence electrons. The van der Waals surface area contributed by atoms with Crippen molar-refractivity contribution in [3.8, 4) is 0 Å². The Labute approximate surface area is 105 Å². The van der Waals surface area contributed by atoms with E-state index in [2.05, 4.69) is 46.8 Å². The molecule has 0 unspecified atom stereocenters. The minimum absolute atomic E-state index is 0.284. The number of benzene rings is 1. The maximum atomic E-state index is 12.1. The fourth-order valence-electron chi connectivity index (χ4n) is 2.03. The number of hydrogen-bond donors (Lipinski definition) is 0. The minimum atomic E-state index is 0.284. The molecule has 0 N–H and O–H groups in total. The van der Waals surface area contributed by atoms with Crippen LogP contribution in [0.3, 0.4) is 0 Å². The molecule has 1 nitrogen and oxygen atoms in total. The van der Waals surface area contributed by atoms with Crippen LogP contribution in [0.5, 0.6) is 0 Å². The quantitative estimate of drug-likeness (QED) is 0.659. The lowest BCUT2D eigenvalue weighted by Gasteiger charge is -2.15. The van der Waals surface area contributed by atoms with Crippen LogP contribution < -0.4 is 0 Å². The molecule has 1 aromatic rings. The van der Waals surface area contributed by atoms with Crippen LogP contribution in [0.2, 0.25) is 0 Å². The molecule has 0 spiro atoms. The van der Waals surface area contributed by atoms with Gasteiger partial charge in [-0.15, -0.1) is 0 Å². The Bertz CT molecular complexity index is 389. The van der Waals surface area contributed by atoms with Gasteiger partial charge in [0, 0.05) is 12.0 Å². The van der Waals surface area contributed by atoms with Crippen molar-refractivity contribution < 1.29 is 4.79 Å². The van der Waals surface area contributed by atoms with E-state index in [0.29, 0.717) is 18.3 Å². The van der Waals surface area contributed by atoms with E-state index in [9.17, 15) is 4.79 Å². The van der Waals surface area contributed by atoms with Crippen molar-refractivity contribution in [2.24, 2.45) is 0 Å². The summed E-state index contributed by atoms with van der Waals surface area (Å²) >= 11 is 0. The first-order valence-corrected chi connectivity index (χ1v) is 6.64. The number of carbonyl (C=O) groups is 1. The fourth-order valence-corrected chi connectivity index (χ4v) is 2.03. The van der Waals surface area contributed by atoms with E-state index in [1.807, 2.05) is 6.07 Å². The number of ketones is 1. The molecule has 0 aromatic heterocycles. The van der Waals surface area contributed by atoms with Gasteiger partial charge in [-0.05, 0) is 29.4 Å². The molecule has 0 aliphatic rings. The molecule has 0 atom stereocenters. The Morgan fingerprint density at radius 1 is 1.12 bits per heavy atom. The Kier molecular flexibility index (Phi) is 4.92. The summed E-state index contributed by atoms with van der Waals surface area (Å²) in [6, 6.07) is 6.32. The zero-order chi connectivity index (χ0) is 13.0. The maximum Gasteiger partial charge on any atom is 0.163 e. The van der Waals surface area contributed by atoms with E-state index in [1.54, 1.807) is 0 Å². The van der Waals surface area contributed by atoms with Gasteiger partial charge in [0.1, 0.15) is 0 Å². The van der Waals surface area contributed by atoms with Crippen LogP contribution in [0, 0.1) is 0 Å². The molecule has 0 aliphatic heterocycles. The zero-order valence-electron chi connectivity index (χ0n) is 11.7. The highest BCUT2D eigenvalue weighted by Crippen LogP contribution is 2.26. The predicted molar refractivity (Wildman–Crippen MR) is 73.9 cm³/mol. The first-order chi connectivity index (χ1) is 7.97. The van der Waals surface area contributed by atoms with Crippen LogP contribution in [-0.4, -0.2) is 5.78 Å². The van der Waals surface area contributed by atoms with Gasteiger partial charge in [0.15, 0.2) is 5.78 Å². The summed E-state index contributed by atoms with van der Waals surface area (Å²) in [5.74, 6) is 1.21. The van der Waals surface area contributed by atoms with E-state index in [4.69, 9.17) is 0 Å². The van der Waals surface area contributed by atoms with Crippen LogP contribution in [-0.2, 0) is 0 Å². The average molecular weight is 232 g/mol. The Morgan fingerprint density at radius 3 is 2.24 bits per heavy atom. The van der Waals surface area contributed by atoms with Gasteiger partial charge in [-0.2, -0.15) is 0 Å². The molecule has 0 heterocycles. The summed E-state index contributed by atoms with van der Waals surface area (Å²) in [5.41, 5.74) is 3.45. The highest BCUT2D eigenvalue weighted by Gasteiger charge is 2.14. The van der Waals surface area contributed by atoms with Crippen molar-refractivity contribution in [3.63, 3.8) is 0 Å². The highest BCUT2D eigenvalue weighted by atomic mass is 16.1. The van der Waals surface area contributed by atoms with Gasteiger partial charge in [0.05, 0.1) is 0 Å². The van der Waals surface area contributed by atoms with Gasteiger partial charge in [-0.3, -0.25) is 4.79 Å². The smallest absolute Gasteiger partial charge is 0.163 e. The first-order valence-electron chi connectivity index (χ1n) is 6.64. The maximum absolute atomic E-state index is 12.1. The Balaban J connectivity index is 3.17. The molecule has 0 saturated heterocycles. The molecule has 0 fully saturated rings. The first kappa shape index (κ1) is 14.0. The lowest BCUT2D eigenvalue weighted by atomic mass is 9.89. The third-order valence-electron chi connectivity index (χ3n) is 3.14. The summed E-state index contributed by atoms with van der Waals surface area (Å²) in [7, 11) is 0. The predicted octanol–water partition coefficient (Wildman–Crippen LogP) is 4.92. The van der Waals surface area contributed by atoms with E-state index in [-0.39, 0.29) is 5.78 Å². The monoisotopic (exact) mass is 232 g/mol. The van der Waals surface area contributed by atoms with Gasteiger partial charge >= 0.3 is 0 Å². The number of hydrogen-bond acceptors (Lipinski definition) is 1. The summed E-state index contributed by atoms with van der Waals surface area (Å²) in [5, 5.41) is 0. The van der Waals surface area contributed by atoms with Crippen LogP contribution >= 0.6 is 0 Å². The molecular formula is C16H24O. The van der Waals surface area contributed by atoms with Crippen LogP contribution in [0.1, 0.15) is 80.8 Å². The Morgan fingerprint density at radius 2 is 1.76 bits per heavy atom. The zero-order valence-corrected chi connectivity index (χ0v) is 11.7. The molecule has 1 aromatic carbocycles. The van der Waals surface area contributed by atoms with Crippen molar-refractivity contribution in [2.45, 2.75) is 59.3 Å². The second kappa shape index (κ2) is 6.00. The van der Waals surface area contributed by atoms with Gasteiger partial charge in [-0.25, -0.2) is 0 Å². The van der Waals surface area contributed by atoms with Gasteiger partial charge < -0.3 is 0 Å². The average Bonchev–Trinajstić information content (AvgIpc) is 2.28. The molecule has 1 rings (SSSR count). The van der Waals surface area contributed by atoms with Crippen LogP contribution in [0.4, 0.5) is 0 Å². The summed E-state index contributed by atoms with van der Waals surface area (Å²) in [6.45, 7) is 10.7. The Hall–Kier alpha value is -1.11. The molecular weight excluding hydrogens is 208 g/mol. The third-order valence-corrected chi connectivity index (χ3v) is 3.14. The van der Waals surface area contributed by atoms with Crippen LogP contribution in [0.25, 0.3) is 0 Å². The lowest BCUT2D eigenvalue weighted by molar-refractivity contribution is 0.0980. The van der Waals surface area contributed by atoms with Crippen LogP contribution in [0.15, 0.2) is 18.2 Å². The van der Waals surface area contributed by atoms with Gasteiger partial charge in [0.2, 0.25) is 0 Å². The van der Waals surface area contributed by atoms with E-state index >= 15 is 0 Å². The highest BCUT2D eigenvalue weighted by molar-refractivity contribution is 5.97. The lowest BCUT2D eigenvalue weighted by Crippen LogP contribution is -2.06. The minimum Gasteiger partial charge on any atom is -0.294 e.